The molecule has 0 aliphatic carbocycles. The van der Waals surface area contributed by atoms with E-state index in [-0.39, 0.29) is 27.1 Å². The van der Waals surface area contributed by atoms with Crippen molar-refractivity contribution in [1.82, 2.24) is 0 Å². The maximum absolute atomic E-state index is 8.63. The van der Waals surface area contributed by atoms with E-state index in [2.05, 4.69) is 13.3 Å². The number of aliphatic hydroxyl groups excluding tert-OH is 2. The molecule has 2 N–H and O–H groups in total. The highest BCUT2D eigenvalue weighted by molar-refractivity contribution is 7.55. The fourth-order valence-corrected chi connectivity index (χ4v) is 1.95. The molecule has 0 spiro atoms. The molecule has 0 radical (unpaired) electrons. The molecule has 0 fully saturated rings. The average molecular weight is 150 g/mol. The summed E-state index contributed by atoms with van der Waals surface area (Å²) in [6.07, 6.45) is 0.975. The number of hydrogen-bond acceptors (Lipinski definition) is 2. The minimum atomic E-state index is 0.0285. The summed E-state index contributed by atoms with van der Waals surface area (Å²) in [5, 5.41) is 17.3. The third-order valence-electron chi connectivity index (χ3n) is 1.14. The van der Waals surface area contributed by atoms with E-state index in [0.717, 1.165) is 6.16 Å². The van der Waals surface area contributed by atoms with Crippen LogP contribution in [-0.4, -0.2) is 42.9 Å². The maximum atomic E-state index is 8.63. The lowest BCUT2D eigenvalue weighted by molar-refractivity contribution is 0.164. The molecule has 0 saturated heterocycles. The largest absolute Gasteiger partial charge is 0.396 e. The van der Waals surface area contributed by atoms with E-state index in [9.17, 15) is 0 Å². The molecule has 0 rings (SSSR count). The molecular weight excluding hydrogens is 135 g/mol. The Morgan fingerprint density at radius 2 is 1.67 bits per heavy atom. The van der Waals surface area contributed by atoms with Crippen LogP contribution in [-0.2, 0) is 0 Å². The molecule has 9 heavy (non-hydrogen) atoms. The molecule has 0 aromatic rings. The van der Waals surface area contributed by atoms with E-state index in [1.807, 2.05) is 0 Å². The van der Waals surface area contributed by atoms with Crippen molar-refractivity contribution in [2.75, 3.05) is 32.7 Å². The first kappa shape index (κ1) is 9.35. The molecule has 56 valence electrons. The Hall–Kier alpha value is 0.350. The first-order valence-corrected chi connectivity index (χ1v) is 5.49. The molecule has 0 aliphatic heterocycles. The van der Waals surface area contributed by atoms with Gasteiger partial charge in [-0.05, 0) is 19.5 Å². The Balaban J connectivity index is 3.31. The van der Waals surface area contributed by atoms with E-state index in [0.29, 0.717) is 0 Å². The van der Waals surface area contributed by atoms with Gasteiger partial charge in [0.05, 0.1) is 0 Å². The molecule has 0 heterocycles. The second-order valence-electron chi connectivity index (χ2n) is 2.49. The molecule has 2 nitrogen and oxygen atoms in total. The summed E-state index contributed by atoms with van der Waals surface area (Å²) in [7, 11) is 0.0285. The van der Waals surface area contributed by atoms with Crippen LogP contribution in [0.5, 0.6) is 0 Å². The average Bonchev–Trinajstić information content (AvgIpc) is 1.82. The molecule has 0 unspecified atom stereocenters. The predicted octanol–water partition coefficient (Wildman–Crippen LogP) is 0.329. The van der Waals surface area contributed by atoms with Crippen molar-refractivity contribution in [2.45, 2.75) is 0 Å². The molecular formula is C6H15O2P. The SMILES string of the molecule is CP(C)CC(CO)CO. The van der Waals surface area contributed by atoms with Crippen LogP contribution in [0.15, 0.2) is 0 Å². The van der Waals surface area contributed by atoms with E-state index in [1.54, 1.807) is 0 Å². The van der Waals surface area contributed by atoms with Crippen LogP contribution in [0, 0.1) is 5.92 Å². The zero-order valence-electron chi connectivity index (χ0n) is 6.04. The molecule has 0 aromatic heterocycles. The van der Waals surface area contributed by atoms with Gasteiger partial charge >= 0.3 is 0 Å². The van der Waals surface area contributed by atoms with Crippen molar-refractivity contribution in [3.05, 3.63) is 0 Å². The van der Waals surface area contributed by atoms with Gasteiger partial charge < -0.3 is 10.2 Å². The van der Waals surface area contributed by atoms with Gasteiger partial charge in [0.2, 0.25) is 0 Å². The van der Waals surface area contributed by atoms with Gasteiger partial charge in [-0.25, -0.2) is 0 Å². The van der Waals surface area contributed by atoms with Crippen LogP contribution in [0.3, 0.4) is 0 Å². The van der Waals surface area contributed by atoms with Crippen LogP contribution in [0.4, 0.5) is 0 Å². The van der Waals surface area contributed by atoms with Crippen LogP contribution in [0.2, 0.25) is 0 Å². The summed E-state index contributed by atoms with van der Waals surface area (Å²) in [5.74, 6) is 0.117. The summed E-state index contributed by atoms with van der Waals surface area (Å²) in [4.78, 5) is 0. The summed E-state index contributed by atoms with van der Waals surface area (Å²) in [5.41, 5.74) is 0. The highest BCUT2D eigenvalue weighted by Crippen LogP contribution is 2.27. The van der Waals surface area contributed by atoms with Gasteiger partial charge in [0.15, 0.2) is 0 Å². The standard InChI is InChI=1S/C6H15O2P/c1-9(2)5-6(3-7)4-8/h6-8H,3-5H2,1-2H3. The van der Waals surface area contributed by atoms with Crippen molar-refractivity contribution in [3.63, 3.8) is 0 Å². The van der Waals surface area contributed by atoms with Gasteiger partial charge in [-0.1, -0.05) is 0 Å². The van der Waals surface area contributed by atoms with E-state index in [4.69, 9.17) is 10.2 Å². The molecule has 0 amide bonds. The van der Waals surface area contributed by atoms with Crippen LogP contribution >= 0.6 is 7.92 Å². The molecule has 0 saturated carbocycles. The lowest BCUT2D eigenvalue weighted by atomic mass is 10.2. The second-order valence-corrected chi connectivity index (χ2v) is 5.02. The quantitative estimate of drug-likeness (QED) is 0.567. The third kappa shape index (κ3) is 4.83. The maximum Gasteiger partial charge on any atom is 0.0484 e. The lowest BCUT2D eigenvalue weighted by Crippen LogP contribution is -2.14. The highest BCUT2D eigenvalue weighted by Gasteiger charge is 2.06. The predicted molar refractivity (Wildman–Crippen MR) is 41.3 cm³/mol. The van der Waals surface area contributed by atoms with Gasteiger partial charge in [-0.15, -0.1) is 7.92 Å². The summed E-state index contributed by atoms with van der Waals surface area (Å²) < 4.78 is 0. The van der Waals surface area contributed by atoms with Gasteiger partial charge in [0.25, 0.3) is 0 Å². The Labute approximate surface area is 57.7 Å². The zero-order chi connectivity index (χ0) is 7.28. The summed E-state index contributed by atoms with van der Waals surface area (Å²) in [6.45, 7) is 4.54. The van der Waals surface area contributed by atoms with Crippen LogP contribution in [0.1, 0.15) is 0 Å². The highest BCUT2D eigenvalue weighted by atomic mass is 31.1. The molecule has 0 bridgehead atoms. The van der Waals surface area contributed by atoms with E-state index < -0.39 is 0 Å². The number of rotatable bonds is 4. The Kier molecular flexibility index (Phi) is 5.36. The van der Waals surface area contributed by atoms with E-state index >= 15 is 0 Å². The summed E-state index contributed by atoms with van der Waals surface area (Å²) >= 11 is 0. The molecule has 3 heteroatoms. The first-order valence-electron chi connectivity index (χ1n) is 3.07. The normalized spacial score (nSPS) is 11.3. The minimum absolute atomic E-state index is 0.0285. The minimum Gasteiger partial charge on any atom is -0.396 e. The van der Waals surface area contributed by atoms with Gasteiger partial charge in [0.1, 0.15) is 0 Å². The second kappa shape index (κ2) is 5.16. The van der Waals surface area contributed by atoms with E-state index in [1.165, 1.54) is 0 Å². The van der Waals surface area contributed by atoms with Crippen molar-refractivity contribution >= 4 is 7.92 Å². The van der Waals surface area contributed by atoms with Gasteiger partial charge in [-0.2, -0.15) is 0 Å². The first-order chi connectivity index (χ1) is 4.20. The van der Waals surface area contributed by atoms with Crippen molar-refractivity contribution in [3.8, 4) is 0 Å². The van der Waals surface area contributed by atoms with Crippen molar-refractivity contribution < 1.29 is 10.2 Å². The van der Waals surface area contributed by atoms with Crippen molar-refractivity contribution in [1.29, 1.82) is 0 Å². The molecule has 0 aliphatic rings. The topological polar surface area (TPSA) is 40.5 Å². The fourth-order valence-electron chi connectivity index (χ4n) is 0.690. The number of aliphatic hydroxyl groups is 2. The van der Waals surface area contributed by atoms with Gasteiger partial charge in [-0.3, -0.25) is 0 Å². The Morgan fingerprint density at radius 3 is 1.78 bits per heavy atom. The summed E-state index contributed by atoms with van der Waals surface area (Å²) in [6, 6.07) is 0. The van der Waals surface area contributed by atoms with Crippen LogP contribution < -0.4 is 0 Å². The Bertz CT molecular complexity index is 62.1. The fraction of sp³-hybridized carbons (Fsp3) is 1.00. The smallest absolute Gasteiger partial charge is 0.0484 e. The van der Waals surface area contributed by atoms with Gasteiger partial charge in [0, 0.05) is 19.1 Å². The lowest BCUT2D eigenvalue weighted by Gasteiger charge is -2.12. The zero-order valence-corrected chi connectivity index (χ0v) is 6.93. The monoisotopic (exact) mass is 150 g/mol. The third-order valence-corrected chi connectivity index (χ3v) is 2.39. The van der Waals surface area contributed by atoms with Crippen molar-refractivity contribution in [2.24, 2.45) is 5.92 Å². The Morgan fingerprint density at radius 1 is 1.22 bits per heavy atom. The van der Waals surface area contributed by atoms with Crippen LogP contribution in [0.25, 0.3) is 0 Å². The molecule has 0 aromatic carbocycles. The molecule has 0 atom stereocenters. The number of hydrogen-bond donors (Lipinski definition) is 2.